The van der Waals surface area contributed by atoms with E-state index in [1.807, 2.05) is 6.08 Å². The van der Waals surface area contributed by atoms with Crippen LogP contribution < -0.4 is 0 Å². The molecule has 20 heavy (non-hydrogen) atoms. The predicted octanol–water partition coefficient (Wildman–Crippen LogP) is 2.51. The van der Waals surface area contributed by atoms with Gasteiger partial charge in [-0.15, -0.1) is 11.8 Å². The molecule has 0 amide bonds. The van der Waals surface area contributed by atoms with E-state index in [0.29, 0.717) is 9.10 Å². The summed E-state index contributed by atoms with van der Waals surface area (Å²) in [6, 6.07) is 0. The molecule has 0 bridgehead atoms. The molecule has 0 spiro atoms. The van der Waals surface area contributed by atoms with Gasteiger partial charge < -0.3 is 10.0 Å². The summed E-state index contributed by atoms with van der Waals surface area (Å²) in [6.45, 7) is 4.07. The minimum atomic E-state index is -0.991. The zero-order chi connectivity index (χ0) is 14.7. The summed E-state index contributed by atoms with van der Waals surface area (Å²) in [6.07, 6.45) is 3.50. The van der Waals surface area contributed by atoms with E-state index < -0.39 is 11.9 Å². The molecule has 0 aromatic rings. The number of thioether (sulfide) groups is 2. The Labute approximate surface area is 131 Å². The number of Topliss-reactive ketones (excluding diaryl/α,β-unsaturated/α-hetero) is 1. The lowest BCUT2D eigenvalue weighted by Crippen LogP contribution is -2.17. The van der Waals surface area contributed by atoms with E-state index in [1.165, 1.54) is 11.8 Å². The number of thiocarbonyl (C=S) groups is 1. The quantitative estimate of drug-likeness (QED) is 0.628. The van der Waals surface area contributed by atoms with Crippen molar-refractivity contribution < 1.29 is 14.7 Å². The monoisotopic (exact) mass is 329 g/mol. The van der Waals surface area contributed by atoms with Crippen molar-refractivity contribution in [1.29, 1.82) is 0 Å². The number of hydrogen-bond donors (Lipinski definition) is 1. The molecule has 1 N–H and O–H groups in total. The Morgan fingerprint density at radius 1 is 1.55 bits per heavy atom. The maximum Gasteiger partial charge on any atom is 0.304 e. The van der Waals surface area contributed by atoms with Crippen molar-refractivity contribution in [2.75, 3.05) is 18.8 Å². The van der Waals surface area contributed by atoms with Crippen LogP contribution in [0, 0.1) is 5.92 Å². The second kappa shape index (κ2) is 6.78. The summed E-state index contributed by atoms with van der Waals surface area (Å²) in [5.41, 5.74) is 0. The van der Waals surface area contributed by atoms with Crippen LogP contribution in [0.25, 0.3) is 0 Å². The number of ketones is 1. The van der Waals surface area contributed by atoms with E-state index in [9.17, 15) is 9.59 Å². The van der Waals surface area contributed by atoms with Gasteiger partial charge in [0.2, 0.25) is 0 Å². The van der Waals surface area contributed by atoms with E-state index in [0.717, 1.165) is 23.9 Å². The molecule has 0 aromatic carbocycles. The van der Waals surface area contributed by atoms with Crippen LogP contribution in [-0.4, -0.2) is 44.8 Å². The van der Waals surface area contributed by atoms with Gasteiger partial charge in [0.15, 0.2) is 5.78 Å². The third-order valence-corrected chi connectivity index (χ3v) is 5.77. The van der Waals surface area contributed by atoms with E-state index in [2.05, 4.69) is 11.8 Å². The largest absolute Gasteiger partial charge is 0.481 e. The lowest BCUT2D eigenvalue weighted by molar-refractivity contribution is -0.139. The first kappa shape index (κ1) is 15.6. The fourth-order valence-electron chi connectivity index (χ4n) is 2.05. The molecule has 2 rings (SSSR count). The number of carbonyl (C=O) groups is 2. The van der Waals surface area contributed by atoms with Crippen molar-refractivity contribution in [3.63, 3.8) is 0 Å². The second-order valence-corrected chi connectivity index (χ2v) is 7.30. The molecule has 4 nitrogen and oxygen atoms in total. The number of allylic oxidation sites excluding steroid dienone is 3. The Kier molecular flexibility index (Phi) is 5.29. The van der Waals surface area contributed by atoms with Gasteiger partial charge in [0.1, 0.15) is 0 Å². The Balaban J connectivity index is 2.12. The van der Waals surface area contributed by atoms with Crippen LogP contribution in [0.4, 0.5) is 0 Å². The van der Waals surface area contributed by atoms with Gasteiger partial charge in [-0.3, -0.25) is 9.59 Å². The van der Waals surface area contributed by atoms with Crippen LogP contribution in [0.5, 0.6) is 0 Å². The van der Waals surface area contributed by atoms with Gasteiger partial charge in [0.05, 0.1) is 26.5 Å². The van der Waals surface area contributed by atoms with Crippen LogP contribution in [0.3, 0.4) is 0 Å². The number of hydrogen-bond acceptors (Lipinski definition) is 6. The topological polar surface area (TPSA) is 57.6 Å². The standard InChI is InChI=1S/C13H15NO3S3/c1-2-14-5-6-19-10(14)4-3-9-12(17)8(7-11(15)16)13(18)20-9/h3-4,8H,2,5-7H2,1H3,(H,15,16). The summed E-state index contributed by atoms with van der Waals surface area (Å²) < 4.78 is 0.466. The first-order chi connectivity index (χ1) is 9.52. The third-order valence-electron chi connectivity index (χ3n) is 3.11. The zero-order valence-electron chi connectivity index (χ0n) is 11.0. The van der Waals surface area contributed by atoms with E-state index in [-0.39, 0.29) is 12.2 Å². The second-order valence-electron chi connectivity index (χ2n) is 4.40. The lowest BCUT2D eigenvalue weighted by Gasteiger charge is -2.15. The normalized spacial score (nSPS) is 27.1. The molecule has 2 aliphatic heterocycles. The third kappa shape index (κ3) is 3.45. The number of rotatable bonds is 4. The highest BCUT2D eigenvalue weighted by Gasteiger charge is 2.36. The average Bonchev–Trinajstić information content (AvgIpc) is 2.95. The van der Waals surface area contributed by atoms with Gasteiger partial charge in [-0.2, -0.15) is 0 Å². The first-order valence-corrected chi connectivity index (χ1v) is 8.51. The molecular weight excluding hydrogens is 314 g/mol. The molecule has 2 saturated heterocycles. The summed E-state index contributed by atoms with van der Waals surface area (Å²) in [7, 11) is 0. The molecule has 2 aliphatic rings. The van der Waals surface area contributed by atoms with Gasteiger partial charge in [0.25, 0.3) is 0 Å². The molecule has 7 heteroatoms. The number of aliphatic carboxylic acids is 1. The van der Waals surface area contributed by atoms with Crippen LogP contribution in [0.1, 0.15) is 13.3 Å². The molecule has 2 fully saturated rings. The summed E-state index contributed by atoms with van der Waals surface area (Å²) in [5.74, 6) is -0.750. The van der Waals surface area contributed by atoms with Crippen molar-refractivity contribution in [3.05, 3.63) is 22.1 Å². The molecule has 0 saturated carbocycles. The Morgan fingerprint density at radius 2 is 2.30 bits per heavy atom. The highest BCUT2D eigenvalue weighted by atomic mass is 32.2. The Hall–Kier alpha value is -0.790. The fraction of sp³-hybridized carbons (Fsp3) is 0.462. The van der Waals surface area contributed by atoms with Crippen LogP contribution >= 0.6 is 35.7 Å². The molecule has 1 atom stereocenters. The van der Waals surface area contributed by atoms with E-state index in [1.54, 1.807) is 17.8 Å². The maximum atomic E-state index is 12.1. The number of carboxylic acids is 1. The van der Waals surface area contributed by atoms with Gasteiger partial charge in [-0.1, -0.05) is 24.0 Å². The number of carbonyl (C=O) groups excluding carboxylic acids is 1. The zero-order valence-corrected chi connectivity index (χ0v) is 13.4. The molecule has 2 heterocycles. The smallest absolute Gasteiger partial charge is 0.304 e. The Bertz CT molecular complexity index is 513. The minimum Gasteiger partial charge on any atom is -0.481 e. The van der Waals surface area contributed by atoms with Crippen molar-refractivity contribution in [2.24, 2.45) is 5.92 Å². The minimum absolute atomic E-state index is 0.162. The molecule has 0 radical (unpaired) electrons. The fourth-order valence-corrected chi connectivity index (χ4v) is 4.53. The van der Waals surface area contributed by atoms with E-state index in [4.69, 9.17) is 17.3 Å². The number of carboxylic acid groups (broad SMARTS) is 1. The highest BCUT2D eigenvalue weighted by Crippen LogP contribution is 2.37. The Morgan fingerprint density at radius 3 is 2.95 bits per heavy atom. The molecule has 0 aromatic heterocycles. The summed E-state index contributed by atoms with van der Waals surface area (Å²) >= 11 is 8.10. The van der Waals surface area contributed by atoms with Crippen LogP contribution in [0.15, 0.2) is 22.1 Å². The van der Waals surface area contributed by atoms with Gasteiger partial charge in [0, 0.05) is 18.8 Å². The average molecular weight is 329 g/mol. The number of nitrogens with zero attached hydrogens (tertiary/aromatic N) is 1. The summed E-state index contributed by atoms with van der Waals surface area (Å²) in [5, 5.41) is 9.96. The first-order valence-electron chi connectivity index (χ1n) is 6.30. The molecule has 108 valence electrons. The summed E-state index contributed by atoms with van der Waals surface area (Å²) in [4.78, 5) is 25.7. The van der Waals surface area contributed by atoms with Crippen LogP contribution in [0.2, 0.25) is 0 Å². The van der Waals surface area contributed by atoms with Crippen molar-refractivity contribution >= 4 is 51.7 Å². The maximum absolute atomic E-state index is 12.1. The van der Waals surface area contributed by atoms with Gasteiger partial charge in [-0.05, 0) is 19.1 Å². The van der Waals surface area contributed by atoms with Crippen molar-refractivity contribution in [1.82, 2.24) is 4.90 Å². The van der Waals surface area contributed by atoms with E-state index >= 15 is 0 Å². The molecular formula is C13H15NO3S3. The highest BCUT2D eigenvalue weighted by molar-refractivity contribution is 8.27. The van der Waals surface area contributed by atoms with Crippen LogP contribution in [-0.2, 0) is 9.59 Å². The van der Waals surface area contributed by atoms with Gasteiger partial charge >= 0.3 is 5.97 Å². The molecule has 0 aliphatic carbocycles. The van der Waals surface area contributed by atoms with Crippen molar-refractivity contribution in [2.45, 2.75) is 13.3 Å². The van der Waals surface area contributed by atoms with Crippen molar-refractivity contribution in [3.8, 4) is 0 Å². The lowest BCUT2D eigenvalue weighted by atomic mass is 10.0. The predicted molar refractivity (Wildman–Crippen MR) is 86.8 cm³/mol. The molecule has 1 unspecified atom stereocenters. The SMILES string of the molecule is CCN1CCSC1=CC=C1SC(=S)C(CC(=O)O)C1=O. The van der Waals surface area contributed by atoms with Gasteiger partial charge in [-0.25, -0.2) is 0 Å².